The summed E-state index contributed by atoms with van der Waals surface area (Å²) in [6.45, 7) is 4.63. The Morgan fingerprint density at radius 2 is 1.50 bits per heavy atom. The van der Waals surface area contributed by atoms with Crippen LogP contribution in [0.3, 0.4) is 0 Å². The number of hydrogen-bond acceptors (Lipinski definition) is 14. The molecular formula is C53H64N10O9. The Kier molecular flexibility index (Phi) is 19.7. The number of amides is 5. The number of nitrogens with two attached hydrogens (primary N) is 3. The molecule has 5 aromatic rings. The second-order valence-electron chi connectivity index (χ2n) is 17.3. The summed E-state index contributed by atoms with van der Waals surface area (Å²) in [7, 11) is 1.42. The normalized spacial score (nSPS) is 15.9. The highest BCUT2D eigenvalue weighted by Crippen LogP contribution is 2.40. The van der Waals surface area contributed by atoms with Crippen molar-refractivity contribution >= 4 is 29.5 Å². The van der Waals surface area contributed by atoms with Crippen molar-refractivity contribution in [2.24, 2.45) is 17.2 Å². The minimum absolute atomic E-state index is 0.00119. The van der Waals surface area contributed by atoms with Gasteiger partial charge in [-0.15, -0.1) is 0 Å². The quantitative estimate of drug-likeness (QED) is 0.0379. The zero-order valence-electron chi connectivity index (χ0n) is 40.9. The average Bonchev–Trinajstić information content (AvgIpc) is 3.89. The molecule has 0 aliphatic carbocycles. The lowest BCUT2D eigenvalue weighted by Gasteiger charge is -2.32. The van der Waals surface area contributed by atoms with E-state index >= 15 is 0 Å². The van der Waals surface area contributed by atoms with Gasteiger partial charge in [-0.3, -0.25) is 24.0 Å². The molecule has 2 heterocycles. The second-order valence-corrected chi connectivity index (χ2v) is 17.3. The fourth-order valence-electron chi connectivity index (χ4n) is 8.15. The number of hydrogen-bond donors (Lipinski definition) is 7. The van der Waals surface area contributed by atoms with Gasteiger partial charge >= 0.3 is 0 Å². The molecule has 10 N–H and O–H groups in total. The molecule has 4 aromatic carbocycles. The number of fused-ring (bicyclic) bond motifs is 5. The molecular weight excluding hydrogens is 921 g/mol. The summed E-state index contributed by atoms with van der Waals surface area (Å²) in [5, 5.41) is 24.2. The van der Waals surface area contributed by atoms with Gasteiger partial charge in [-0.2, -0.15) is 5.26 Å². The Hall–Kier alpha value is -7.79. The molecule has 1 aliphatic rings. The molecule has 19 nitrogen and oxygen atoms in total. The van der Waals surface area contributed by atoms with Crippen molar-refractivity contribution in [3.05, 3.63) is 108 Å². The number of benzene rings is 4. The lowest BCUT2D eigenvalue weighted by atomic mass is 9.93. The van der Waals surface area contributed by atoms with Gasteiger partial charge in [0.1, 0.15) is 66.9 Å². The van der Waals surface area contributed by atoms with Crippen LogP contribution in [0.25, 0.3) is 33.7 Å². The topological polar surface area (TPSA) is 292 Å². The van der Waals surface area contributed by atoms with E-state index in [2.05, 4.69) is 33.3 Å². The number of rotatable bonds is 22. The Morgan fingerprint density at radius 1 is 0.819 bits per heavy atom. The summed E-state index contributed by atoms with van der Waals surface area (Å²) in [5.74, 6) is -1.21. The number of unbranched alkanes of at least 4 members (excludes halogenated alkanes) is 3. The minimum atomic E-state index is -1.40. The maximum absolute atomic E-state index is 14.7. The molecule has 0 fully saturated rings. The van der Waals surface area contributed by atoms with E-state index in [-0.39, 0.29) is 57.8 Å². The first-order valence-electron chi connectivity index (χ1n) is 24.2. The first-order chi connectivity index (χ1) is 34.9. The highest BCUT2D eigenvalue weighted by Gasteiger charge is 2.36. The third-order valence-electron chi connectivity index (χ3n) is 12.0. The van der Waals surface area contributed by atoms with Gasteiger partial charge in [0.25, 0.3) is 5.91 Å². The van der Waals surface area contributed by atoms with Crippen LogP contribution in [0.15, 0.2) is 95.5 Å². The van der Waals surface area contributed by atoms with E-state index in [1.165, 1.54) is 31.7 Å². The van der Waals surface area contributed by atoms with Gasteiger partial charge in [0.15, 0.2) is 5.76 Å². The zero-order valence-corrected chi connectivity index (χ0v) is 40.9. The average molecular weight is 985 g/mol. The largest absolute Gasteiger partial charge is 0.494 e. The molecule has 6 rings (SSSR count). The summed E-state index contributed by atoms with van der Waals surface area (Å²) < 4.78 is 23.7. The van der Waals surface area contributed by atoms with E-state index in [9.17, 15) is 29.2 Å². The highest BCUT2D eigenvalue weighted by molar-refractivity contribution is 5.99. The monoisotopic (exact) mass is 984 g/mol. The fourth-order valence-corrected chi connectivity index (χ4v) is 8.15. The molecule has 380 valence electrons. The summed E-state index contributed by atoms with van der Waals surface area (Å²) in [6, 6.07) is 23.1. The Morgan fingerprint density at radius 3 is 2.17 bits per heavy atom. The van der Waals surface area contributed by atoms with Gasteiger partial charge in [-0.1, -0.05) is 55.6 Å². The van der Waals surface area contributed by atoms with Gasteiger partial charge in [-0.05, 0) is 98.1 Å². The SMILES string of the molecule is CCCCCCOc1ccc(-c2cc(-c3ccc(C(=O)N[C@@H](CCN)C(=O)N(C)[C@@H]4C(=O)N[C@@H](C)C(=O)N[C@H](C(=O)NCC#N)Cc5ccc(OCCN)c(c5)-c5cc4ccc5OCCN)cc3)no2)cc1. The number of ether oxygens (including phenoxy) is 3. The molecule has 19 heteroatoms. The Labute approximate surface area is 419 Å². The van der Waals surface area contributed by atoms with E-state index < -0.39 is 53.7 Å². The van der Waals surface area contributed by atoms with Crippen molar-refractivity contribution in [3.63, 3.8) is 0 Å². The van der Waals surface area contributed by atoms with E-state index in [0.717, 1.165) is 24.2 Å². The second kappa shape index (κ2) is 26.4. The van der Waals surface area contributed by atoms with Crippen LogP contribution in [0.5, 0.6) is 17.2 Å². The smallest absolute Gasteiger partial charge is 0.251 e. The van der Waals surface area contributed by atoms with Crippen molar-refractivity contribution in [1.29, 1.82) is 5.26 Å². The third-order valence-corrected chi connectivity index (χ3v) is 12.0. The number of nitriles is 1. The van der Waals surface area contributed by atoms with E-state index in [0.29, 0.717) is 57.4 Å². The first-order valence-corrected chi connectivity index (χ1v) is 24.2. The lowest BCUT2D eigenvalue weighted by Crippen LogP contribution is -2.56. The van der Waals surface area contributed by atoms with Crippen LogP contribution in [0.4, 0.5) is 0 Å². The van der Waals surface area contributed by atoms with Gasteiger partial charge in [0.05, 0.1) is 12.7 Å². The Balaban J connectivity index is 1.27. The number of aromatic nitrogens is 1. The predicted molar refractivity (Wildman–Crippen MR) is 270 cm³/mol. The molecule has 1 aliphatic heterocycles. The molecule has 5 amide bonds. The lowest BCUT2D eigenvalue weighted by molar-refractivity contribution is -0.141. The molecule has 4 atom stereocenters. The Bertz CT molecular complexity index is 2690. The van der Waals surface area contributed by atoms with Crippen molar-refractivity contribution < 1.29 is 42.7 Å². The van der Waals surface area contributed by atoms with Crippen LogP contribution >= 0.6 is 0 Å². The maximum atomic E-state index is 14.7. The van der Waals surface area contributed by atoms with Gasteiger partial charge < -0.3 is 62.1 Å². The number of likely N-dealkylation sites (N-methyl/N-ethyl adjacent to an activating group) is 1. The molecule has 4 bridgehead atoms. The van der Waals surface area contributed by atoms with Crippen LogP contribution in [-0.2, 0) is 25.6 Å². The van der Waals surface area contributed by atoms with E-state index in [1.807, 2.05) is 30.3 Å². The summed E-state index contributed by atoms with van der Waals surface area (Å²) >= 11 is 0. The van der Waals surface area contributed by atoms with Crippen LogP contribution in [0, 0.1) is 11.3 Å². The third kappa shape index (κ3) is 14.0. The van der Waals surface area contributed by atoms with Crippen LogP contribution in [-0.4, -0.2) is 111 Å². The molecule has 72 heavy (non-hydrogen) atoms. The zero-order chi connectivity index (χ0) is 51.6. The van der Waals surface area contributed by atoms with Crippen molar-refractivity contribution in [1.82, 2.24) is 31.3 Å². The predicted octanol–water partition coefficient (Wildman–Crippen LogP) is 4.14. The maximum Gasteiger partial charge on any atom is 0.251 e. The highest BCUT2D eigenvalue weighted by atomic mass is 16.5. The molecule has 1 aromatic heterocycles. The molecule has 0 unspecified atom stereocenters. The van der Waals surface area contributed by atoms with Crippen molar-refractivity contribution in [2.75, 3.05) is 53.0 Å². The summed E-state index contributed by atoms with van der Waals surface area (Å²) in [5.41, 5.74) is 21.9. The van der Waals surface area contributed by atoms with Crippen molar-refractivity contribution in [2.45, 2.75) is 76.5 Å². The number of nitrogens with one attached hydrogen (secondary N) is 4. The molecule has 0 spiro atoms. The van der Waals surface area contributed by atoms with Crippen LogP contribution in [0.2, 0.25) is 0 Å². The molecule has 0 radical (unpaired) electrons. The van der Waals surface area contributed by atoms with Gasteiger partial charge in [-0.25, -0.2) is 0 Å². The van der Waals surface area contributed by atoms with E-state index in [1.54, 1.807) is 66.7 Å². The standard InChI is InChI=1S/C53H64N10O9/c1-4-5-6-7-26-69-39-16-13-36(14-17-39)47-32-43(62-72-47)35-9-11-37(12-10-35)50(65)60-42(20-21-54)53(68)63(3)48-38-15-19-46(71-28-24-57)41(31-38)40-29-34(8-18-45(40)70-27-23-56)30-44(51(66)58-25-22-55)61-49(64)33(2)59-52(48)67/h8-19,29,31-33,42,44,48H,4-7,20-21,23-28,30,54,56-57H2,1-3H3,(H,58,66)(H,59,67)(H,60,65)(H,61,64)/t33-,42-,44-,48-/m0/s1. The molecule has 0 saturated carbocycles. The first kappa shape index (κ1) is 53.6. The van der Waals surface area contributed by atoms with Crippen LogP contribution in [0.1, 0.15) is 73.5 Å². The van der Waals surface area contributed by atoms with Crippen molar-refractivity contribution in [3.8, 4) is 57.0 Å². The number of carbonyl (C=O) groups excluding carboxylic acids is 5. The minimum Gasteiger partial charge on any atom is -0.494 e. The number of carbonyl (C=O) groups is 5. The van der Waals surface area contributed by atoms with Gasteiger partial charge in [0.2, 0.25) is 23.6 Å². The molecule has 0 saturated heterocycles. The summed E-state index contributed by atoms with van der Waals surface area (Å²) in [4.78, 5) is 71.5. The number of nitrogens with zero attached hydrogens (tertiary/aromatic N) is 3. The van der Waals surface area contributed by atoms with E-state index in [4.69, 9.17) is 35.9 Å². The van der Waals surface area contributed by atoms with Crippen LogP contribution < -0.4 is 52.7 Å². The van der Waals surface area contributed by atoms with Gasteiger partial charge in [0, 0.05) is 60.4 Å². The fraction of sp³-hybridized carbons (Fsp3) is 0.377. The summed E-state index contributed by atoms with van der Waals surface area (Å²) in [6.07, 6.45) is 4.50.